The Labute approximate surface area is 89.2 Å². The van der Waals surface area contributed by atoms with Crippen molar-refractivity contribution in [2.75, 3.05) is 19.0 Å². The van der Waals surface area contributed by atoms with E-state index in [4.69, 9.17) is 4.74 Å². The van der Waals surface area contributed by atoms with E-state index in [1.54, 1.807) is 0 Å². The standard InChI is InChI=1S/C7H9N3O4S/c1-14-3-2-5(11)9-7-8-4-6(15-7)10(12)13/h4H,2-3H2,1H3,(H,8,9,11). The quantitative estimate of drug-likeness (QED) is 0.603. The number of carbonyl (C=O) groups excluding carboxylic acids is 1. The molecule has 1 N–H and O–H groups in total. The van der Waals surface area contributed by atoms with Gasteiger partial charge in [0.15, 0.2) is 5.13 Å². The molecule has 8 heteroatoms. The first kappa shape index (κ1) is 11.5. The van der Waals surface area contributed by atoms with E-state index in [0.717, 1.165) is 17.5 Å². The minimum absolute atomic E-state index is 0.1000. The van der Waals surface area contributed by atoms with Crippen LogP contribution in [0, 0.1) is 10.1 Å². The highest BCUT2D eigenvalue weighted by atomic mass is 32.1. The molecule has 0 spiro atoms. The molecule has 0 unspecified atom stereocenters. The second-order valence-corrected chi connectivity index (χ2v) is 3.56. The number of nitrogens with zero attached hydrogens (tertiary/aromatic N) is 2. The molecule has 82 valence electrons. The highest BCUT2D eigenvalue weighted by Crippen LogP contribution is 2.24. The summed E-state index contributed by atoms with van der Waals surface area (Å²) in [4.78, 5) is 24.6. The fraction of sp³-hybridized carbons (Fsp3) is 0.429. The Hall–Kier alpha value is -1.54. The van der Waals surface area contributed by atoms with Crippen molar-refractivity contribution in [1.29, 1.82) is 0 Å². The van der Waals surface area contributed by atoms with Gasteiger partial charge in [0.1, 0.15) is 6.20 Å². The van der Waals surface area contributed by atoms with E-state index in [2.05, 4.69) is 10.3 Å². The van der Waals surface area contributed by atoms with Crippen LogP contribution >= 0.6 is 11.3 Å². The summed E-state index contributed by atoms with van der Waals surface area (Å²) in [5, 5.41) is 12.9. The average molecular weight is 231 g/mol. The van der Waals surface area contributed by atoms with E-state index < -0.39 is 4.92 Å². The highest BCUT2D eigenvalue weighted by molar-refractivity contribution is 7.18. The van der Waals surface area contributed by atoms with Crippen molar-refractivity contribution >= 4 is 27.4 Å². The van der Waals surface area contributed by atoms with Gasteiger partial charge in [0.2, 0.25) is 5.91 Å². The van der Waals surface area contributed by atoms with Crippen molar-refractivity contribution in [3.63, 3.8) is 0 Å². The molecule has 1 aromatic heterocycles. The first-order valence-corrected chi connectivity index (χ1v) is 4.84. The number of nitrogens with one attached hydrogen (secondary N) is 1. The average Bonchev–Trinajstić information content (AvgIpc) is 2.63. The fourth-order valence-electron chi connectivity index (χ4n) is 0.784. The van der Waals surface area contributed by atoms with Crippen molar-refractivity contribution in [2.45, 2.75) is 6.42 Å². The van der Waals surface area contributed by atoms with E-state index in [9.17, 15) is 14.9 Å². The highest BCUT2D eigenvalue weighted by Gasteiger charge is 2.12. The van der Waals surface area contributed by atoms with Crippen LogP contribution < -0.4 is 5.32 Å². The van der Waals surface area contributed by atoms with Gasteiger partial charge in [0, 0.05) is 7.11 Å². The molecule has 7 nitrogen and oxygen atoms in total. The number of ether oxygens (including phenoxy) is 1. The predicted molar refractivity (Wildman–Crippen MR) is 53.9 cm³/mol. The molecule has 1 rings (SSSR count). The summed E-state index contributed by atoms with van der Waals surface area (Å²) in [6.45, 7) is 0.305. The lowest BCUT2D eigenvalue weighted by Gasteiger charge is -1.99. The second-order valence-electron chi connectivity index (χ2n) is 2.55. The monoisotopic (exact) mass is 231 g/mol. The smallest absolute Gasteiger partial charge is 0.345 e. The van der Waals surface area contributed by atoms with Gasteiger partial charge in [0.05, 0.1) is 18.0 Å². The zero-order valence-electron chi connectivity index (χ0n) is 7.93. The van der Waals surface area contributed by atoms with E-state index in [0.29, 0.717) is 6.61 Å². The third-order valence-electron chi connectivity index (χ3n) is 1.45. The first-order valence-electron chi connectivity index (χ1n) is 4.02. The van der Waals surface area contributed by atoms with E-state index >= 15 is 0 Å². The SMILES string of the molecule is COCCC(=O)Nc1ncc([N+](=O)[O-])s1. The maximum atomic E-state index is 11.2. The minimum atomic E-state index is -0.553. The molecule has 1 amide bonds. The van der Waals surface area contributed by atoms with Gasteiger partial charge < -0.3 is 10.1 Å². The van der Waals surface area contributed by atoms with Gasteiger partial charge in [-0.05, 0) is 11.3 Å². The van der Waals surface area contributed by atoms with Crippen molar-refractivity contribution in [3.8, 4) is 0 Å². The van der Waals surface area contributed by atoms with Gasteiger partial charge >= 0.3 is 5.00 Å². The predicted octanol–water partition coefficient (Wildman–Crippen LogP) is 1.03. The molecule has 0 saturated carbocycles. The lowest BCUT2D eigenvalue weighted by atomic mass is 10.4. The Bertz CT molecular complexity index is 365. The van der Waals surface area contributed by atoms with Crippen LogP contribution in [0.4, 0.5) is 10.1 Å². The maximum Gasteiger partial charge on any atom is 0.345 e. The molecule has 0 aromatic carbocycles. The topological polar surface area (TPSA) is 94.4 Å². The fourth-order valence-corrected chi connectivity index (χ4v) is 1.43. The molecule has 0 aliphatic rings. The van der Waals surface area contributed by atoms with Crippen molar-refractivity contribution < 1.29 is 14.5 Å². The lowest BCUT2D eigenvalue weighted by Crippen LogP contribution is -2.13. The summed E-state index contributed by atoms with van der Waals surface area (Å²) < 4.78 is 4.71. The summed E-state index contributed by atoms with van der Waals surface area (Å²) in [5.74, 6) is -0.277. The number of anilines is 1. The number of amides is 1. The van der Waals surface area contributed by atoms with Crippen LogP contribution in [0.2, 0.25) is 0 Å². The molecule has 0 aliphatic heterocycles. The van der Waals surface area contributed by atoms with Gasteiger partial charge in [-0.3, -0.25) is 14.9 Å². The molecule has 0 aliphatic carbocycles. The molecule has 0 bridgehead atoms. The van der Waals surface area contributed by atoms with Gasteiger partial charge in [-0.2, -0.15) is 0 Å². The number of rotatable bonds is 5. The van der Waals surface area contributed by atoms with Crippen LogP contribution in [0.15, 0.2) is 6.20 Å². The molecular formula is C7H9N3O4S. The Kier molecular flexibility index (Phi) is 4.13. The number of nitro groups is 1. The zero-order chi connectivity index (χ0) is 11.3. The Morgan fingerprint density at radius 1 is 1.80 bits per heavy atom. The normalized spacial score (nSPS) is 9.93. The number of methoxy groups -OCH3 is 1. The van der Waals surface area contributed by atoms with Gasteiger partial charge in [-0.1, -0.05) is 0 Å². The van der Waals surface area contributed by atoms with Crippen molar-refractivity contribution in [2.24, 2.45) is 0 Å². The number of aromatic nitrogens is 1. The van der Waals surface area contributed by atoms with Gasteiger partial charge in [0.25, 0.3) is 0 Å². The maximum absolute atomic E-state index is 11.2. The number of carbonyl (C=O) groups is 1. The lowest BCUT2D eigenvalue weighted by molar-refractivity contribution is -0.380. The summed E-state index contributed by atoms with van der Waals surface area (Å²) in [6.07, 6.45) is 1.31. The van der Waals surface area contributed by atoms with Crippen LogP contribution in [-0.2, 0) is 9.53 Å². The molecule has 0 fully saturated rings. The van der Waals surface area contributed by atoms with Crippen LogP contribution in [0.3, 0.4) is 0 Å². The van der Waals surface area contributed by atoms with Crippen LogP contribution in [0.1, 0.15) is 6.42 Å². The second kappa shape index (κ2) is 5.37. The van der Waals surface area contributed by atoms with Crippen molar-refractivity contribution in [3.05, 3.63) is 16.3 Å². The number of hydrogen-bond acceptors (Lipinski definition) is 6. The molecule has 1 aromatic rings. The summed E-state index contributed by atoms with van der Waals surface area (Å²) in [6, 6.07) is 0. The Morgan fingerprint density at radius 2 is 2.53 bits per heavy atom. The van der Waals surface area contributed by atoms with Gasteiger partial charge in [-0.25, -0.2) is 4.98 Å². The number of hydrogen-bond donors (Lipinski definition) is 1. The molecule has 1 heterocycles. The van der Waals surface area contributed by atoms with Crippen LogP contribution in [0.5, 0.6) is 0 Å². The van der Waals surface area contributed by atoms with E-state index in [1.807, 2.05) is 0 Å². The summed E-state index contributed by atoms with van der Waals surface area (Å²) in [5.41, 5.74) is 0. The minimum Gasteiger partial charge on any atom is -0.384 e. The molecule has 15 heavy (non-hydrogen) atoms. The van der Waals surface area contributed by atoms with E-state index in [1.165, 1.54) is 7.11 Å². The third-order valence-corrected chi connectivity index (χ3v) is 2.32. The van der Waals surface area contributed by atoms with E-state index in [-0.39, 0.29) is 22.5 Å². The first-order chi connectivity index (χ1) is 7.13. The van der Waals surface area contributed by atoms with Gasteiger partial charge in [-0.15, -0.1) is 0 Å². The summed E-state index contributed by atoms with van der Waals surface area (Å²) in [7, 11) is 1.49. The molecule has 0 radical (unpaired) electrons. The molecular weight excluding hydrogens is 222 g/mol. The van der Waals surface area contributed by atoms with Crippen LogP contribution in [-0.4, -0.2) is 29.5 Å². The Balaban J connectivity index is 2.50. The zero-order valence-corrected chi connectivity index (χ0v) is 8.74. The third kappa shape index (κ3) is 3.60. The molecule has 0 saturated heterocycles. The Morgan fingerprint density at radius 3 is 3.07 bits per heavy atom. The largest absolute Gasteiger partial charge is 0.384 e. The van der Waals surface area contributed by atoms with Crippen LogP contribution in [0.25, 0.3) is 0 Å². The van der Waals surface area contributed by atoms with Crippen molar-refractivity contribution in [1.82, 2.24) is 4.98 Å². The number of thiazole rings is 1. The molecule has 0 atom stereocenters. The summed E-state index contributed by atoms with van der Waals surface area (Å²) >= 11 is 0.820.